The summed E-state index contributed by atoms with van der Waals surface area (Å²) in [4.78, 5) is 3.77. The zero-order valence-electron chi connectivity index (χ0n) is 10.5. The Hall–Kier alpha value is 0.1000. The molecule has 0 fully saturated rings. The van der Waals surface area contributed by atoms with Crippen LogP contribution in [-0.4, -0.2) is 32.6 Å². The lowest BCUT2D eigenvalue weighted by Crippen LogP contribution is -2.32. The molecule has 1 N–H and O–H groups in total. The third-order valence-corrected chi connectivity index (χ3v) is 4.64. The summed E-state index contributed by atoms with van der Waals surface area (Å²) in [7, 11) is 6.35. The molecule has 0 spiro atoms. The second kappa shape index (κ2) is 6.74. The third-order valence-electron chi connectivity index (χ3n) is 2.87. The molecule has 0 saturated carbocycles. The van der Waals surface area contributed by atoms with Crippen molar-refractivity contribution in [1.29, 1.82) is 0 Å². The first-order chi connectivity index (χ1) is 7.60. The summed E-state index contributed by atoms with van der Waals surface area (Å²) in [5.74, 6) is 0.658. The van der Waals surface area contributed by atoms with E-state index in [-0.39, 0.29) is 0 Å². The van der Waals surface area contributed by atoms with Gasteiger partial charge in [-0.15, -0.1) is 11.3 Å². The molecule has 92 valence electrons. The van der Waals surface area contributed by atoms with Crippen LogP contribution in [0, 0.1) is 5.92 Å². The van der Waals surface area contributed by atoms with Gasteiger partial charge in [0.05, 0.1) is 0 Å². The SMILES string of the molecule is CCC(CNC)C(c1cc(Br)cs1)N(C)C. The van der Waals surface area contributed by atoms with Crippen LogP contribution in [0.2, 0.25) is 0 Å². The molecule has 0 amide bonds. The van der Waals surface area contributed by atoms with Gasteiger partial charge < -0.3 is 10.2 Å². The molecular weight excluding hydrogens is 284 g/mol. The zero-order valence-corrected chi connectivity index (χ0v) is 12.9. The maximum absolute atomic E-state index is 3.54. The fraction of sp³-hybridized carbons (Fsp3) is 0.667. The van der Waals surface area contributed by atoms with Crippen molar-refractivity contribution >= 4 is 27.3 Å². The summed E-state index contributed by atoms with van der Waals surface area (Å²) >= 11 is 5.38. The van der Waals surface area contributed by atoms with Crippen LogP contribution in [0.4, 0.5) is 0 Å². The Labute approximate surface area is 111 Å². The molecule has 0 bridgehead atoms. The van der Waals surface area contributed by atoms with E-state index >= 15 is 0 Å². The van der Waals surface area contributed by atoms with E-state index in [1.807, 2.05) is 18.4 Å². The van der Waals surface area contributed by atoms with E-state index < -0.39 is 0 Å². The number of hydrogen-bond donors (Lipinski definition) is 1. The minimum Gasteiger partial charge on any atom is -0.319 e. The van der Waals surface area contributed by atoms with Crippen molar-refractivity contribution in [2.75, 3.05) is 27.7 Å². The Kier molecular flexibility index (Phi) is 5.97. The lowest BCUT2D eigenvalue weighted by Gasteiger charge is -2.31. The van der Waals surface area contributed by atoms with Crippen molar-refractivity contribution in [3.63, 3.8) is 0 Å². The molecule has 2 nitrogen and oxygen atoms in total. The fourth-order valence-electron chi connectivity index (χ4n) is 2.13. The van der Waals surface area contributed by atoms with Gasteiger partial charge in [0, 0.05) is 20.8 Å². The molecule has 2 unspecified atom stereocenters. The Morgan fingerprint density at radius 3 is 2.56 bits per heavy atom. The number of hydrogen-bond acceptors (Lipinski definition) is 3. The zero-order chi connectivity index (χ0) is 12.1. The topological polar surface area (TPSA) is 15.3 Å². The second-order valence-electron chi connectivity index (χ2n) is 4.30. The fourth-order valence-corrected chi connectivity index (χ4v) is 3.87. The first-order valence-corrected chi connectivity index (χ1v) is 7.32. The summed E-state index contributed by atoms with van der Waals surface area (Å²) in [6.07, 6.45) is 1.19. The van der Waals surface area contributed by atoms with E-state index in [0.717, 1.165) is 6.54 Å². The summed E-state index contributed by atoms with van der Waals surface area (Å²) in [6.45, 7) is 3.33. The molecule has 0 aliphatic rings. The van der Waals surface area contributed by atoms with E-state index in [1.165, 1.54) is 15.8 Å². The van der Waals surface area contributed by atoms with Gasteiger partial charge in [0.1, 0.15) is 0 Å². The first-order valence-electron chi connectivity index (χ1n) is 5.65. The van der Waals surface area contributed by atoms with Gasteiger partial charge >= 0.3 is 0 Å². The normalized spacial score (nSPS) is 15.4. The van der Waals surface area contributed by atoms with E-state index in [4.69, 9.17) is 0 Å². The summed E-state index contributed by atoms with van der Waals surface area (Å²) in [5.41, 5.74) is 0. The van der Waals surface area contributed by atoms with Crippen LogP contribution >= 0.6 is 27.3 Å². The monoisotopic (exact) mass is 304 g/mol. The number of thiophene rings is 1. The van der Waals surface area contributed by atoms with Crippen LogP contribution in [0.1, 0.15) is 24.3 Å². The molecule has 0 aromatic carbocycles. The predicted octanol–water partition coefficient (Wildman–Crippen LogP) is 3.36. The van der Waals surface area contributed by atoms with Crippen molar-refractivity contribution in [2.45, 2.75) is 19.4 Å². The molecule has 1 heterocycles. The van der Waals surface area contributed by atoms with E-state index in [2.05, 4.69) is 58.6 Å². The largest absolute Gasteiger partial charge is 0.319 e. The van der Waals surface area contributed by atoms with Crippen LogP contribution in [0.15, 0.2) is 15.9 Å². The number of halogens is 1. The van der Waals surface area contributed by atoms with E-state index in [9.17, 15) is 0 Å². The van der Waals surface area contributed by atoms with Gasteiger partial charge in [-0.2, -0.15) is 0 Å². The van der Waals surface area contributed by atoms with Crippen LogP contribution in [0.25, 0.3) is 0 Å². The highest BCUT2D eigenvalue weighted by Gasteiger charge is 2.24. The maximum Gasteiger partial charge on any atom is 0.0476 e. The standard InChI is InChI=1S/C12H21BrN2S/c1-5-9(7-14-2)12(15(3)4)11-6-10(13)8-16-11/h6,8-9,12,14H,5,7H2,1-4H3. The minimum absolute atomic E-state index is 0.508. The highest BCUT2D eigenvalue weighted by Crippen LogP contribution is 2.34. The summed E-state index contributed by atoms with van der Waals surface area (Å²) in [5, 5.41) is 5.46. The van der Waals surface area contributed by atoms with E-state index in [1.54, 1.807) is 0 Å². The van der Waals surface area contributed by atoms with Gasteiger partial charge in [0.2, 0.25) is 0 Å². The Bertz CT molecular complexity index is 312. The van der Waals surface area contributed by atoms with Gasteiger partial charge in [0.15, 0.2) is 0 Å². The number of rotatable bonds is 6. The predicted molar refractivity (Wildman–Crippen MR) is 76.2 cm³/mol. The highest BCUT2D eigenvalue weighted by atomic mass is 79.9. The van der Waals surface area contributed by atoms with Gasteiger partial charge in [-0.25, -0.2) is 0 Å². The molecule has 0 aliphatic heterocycles. The average Bonchev–Trinajstić information content (AvgIpc) is 2.63. The molecule has 0 saturated heterocycles. The van der Waals surface area contributed by atoms with Crippen LogP contribution < -0.4 is 5.32 Å². The van der Waals surface area contributed by atoms with Gasteiger partial charge in [0.25, 0.3) is 0 Å². The van der Waals surface area contributed by atoms with Gasteiger partial charge in [-0.1, -0.05) is 13.3 Å². The second-order valence-corrected chi connectivity index (χ2v) is 6.16. The van der Waals surface area contributed by atoms with Gasteiger partial charge in [-0.3, -0.25) is 0 Å². The van der Waals surface area contributed by atoms with Gasteiger partial charge in [-0.05, 0) is 55.6 Å². The molecule has 2 atom stereocenters. The highest BCUT2D eigenvalue weighted by molar-refractivity contribution is 9.10. The molecule has 16 heavy (non-hydrogen) atoms. The van der Waals surface area contributed by atoms with E-state index in [0.29, 0.717) is 12.0 Å². The smallest absolute Gasteiger partial charge is 0.0476 e. The molecule has 1 aromatic rings. The first kappa shape index (κ1) is 14.2. The quantitative estimate of drug-likeness (QED) is 0.867. The number of nitrogens with one attached hydrogen (secondary N) is 1. The molecular formula is C12H21BrN2S. The summed E-state index contributed by atoms with van der Waals surface area (Å²) in [6, 6.07) is 2.75. The number of nitrogens with zero attached hydrogens (tertiary/aromatic N) is 1. The van der Waals surface area contributed by atoms with Crippen LogP contribution in [0.5, 0.6) is 0 Å². The minimum atomic E-state index is 0.508. The van der Waals surface area contributed by atoms with Crippen molar-refractivity contribution in [3.05, 3.63) is 20.8 Å². The molecule has 1 rings (SSSR count). The maximum atomic E-state index is 3.54. The van der Waals surface area contributed by atoms with Crippen molar-refractivity contribution < 1.29 is 0 Å². The summed E-state index contributed by atoms with van der Waals surface area (Å²) < 4.78 is 1.19. The van der Waals surface area contributed by atoms with Crippen molar-refractivity contribution in [2.24, 2.45) is 5.92 Å². The van der Waals surface area contributed by atoms with Crippen LogP contribution in [-0.2, 0) is 0 Å². The Morgan fingerprint density at radius 2 is 2.19 bits per heavy atom. The molecule has 4 heteroatoms. The molecule has 0 radical (unpaired) electrons. The third kappa shape index (κ3) is 3.55. The van der Waals surface area contributed by atoms with Crippen LogP contribution in [0.3, 0.4) is 0 Å². The van der Waals surface area contributed by atoms with Crippen molar-refractivity contribution in [1.82, 2.24) is 10.2 Å². The lowest BCUT2D eigenvalue weighted by atomic mass is 9.94. The lowest BCUT2D eigenvalue weighted by molar-refractivity contribution is 0.208. The Morgan fingerprint density at radius 1 is 1.50 bits per heavy atom. The molecule has 1 aromatic heterocycles. The van der Waals surface area contributed by atoms with Crippen molar-refractivity contribution in [3.8, 4) is 0 Å². The average molecular weight is 305 g/mol. The Balaban J connectivity index is 2.89. The molecule has 0 aliphatic carbocycles.